The molecule has 0 unspecified atom stereocenters. The molecule has 3 heterocycles. The number of halogens is 3. The maximum atomic E-state index is 12.8. The Kier molecular flexibility index (Phi) is 6.23. The van der Waals surface area contributed by atoms with Crippen molar-refractivity contribution in [2.75, 3.05) is 43.0 Å². The van der Waals surface area contributed by atoms with E-state index < -0.39 is 17.3 Å². The van der Waals surface area contributed by atoms with Crippen LogP contribution in [0.4, 0.5) is 35.4 Å². The third kappa shape index (κ3) is 5.53. The topological polar surface area (TPSA) is 74.7 Å². The van der Waals surface area contributed by atoms with Gasteiger partial charge in [0.25, 0.3) is 0 Å². The molecule has 0 aromatic carbocycles. The molecular formula is C20H25F3N6O2. The van der Waals surface area contributed by atoms with Crippen LogP contribution in [-0.2, 0) is 10.9 Å². The number of carbonyl (C=O) groups is 1. The second-order valence-corrected chi connectivity index (χ2v) is 8.12. The molecule has 0 radical (unpaired) electrons. The van der Waals surface area contributed by atoms with Crippen LogP contribution in [0.3, 0.4) is 0 Å². The molecule has 11 heteroatoms. The predicted molar refractivity (Wildman–Crippen MR) is 109 cm³/mol. The predicted octanol–water partition coefficient (Wildman–Crippen LogP) is 3.72. The lowest BCUT2D eigenvalue weighted by molar-refractivity contribution is -0.137. The lowest BCUT2D eigenvalue weighted by atomic mass is 10.2. The van der Waals surface area contributed by atoms with Crippen molar-refractivity contribution < 1.29 is 22.7 Å². The van der Waals surface area contributed by atoms with Crippen LogP contribution < -0.4 is 9.80 Å². The van der Waals surface area contributed by atoms with Crippen LogP contribution in [0, 0.1) is 0 Å². The van der Waals surface area contributed by atoms with Gasteiger partial charge in [-0.05, 0) is 32.9 Å². The largest absolute Gasteiger partial charge is 0.444 e. The number of rotatable bonds is 3. The molecule has 8 nitrogen and oxygen atoms in total. The molecule has 3 rings (SSSR count). The summed E-state index contributed by atoms with van der Waals surface area (Å²) in [6, 6.07) is 2.27. The number of carbonyl (C=O) groups excluding carboxylic acids is 1. The Morgan fingerprint density at radius 1 is 1.03 bits per heavy atom. The number of piperazine rings is 1. The molecule has 1 aliphatic rings. The number of hydrogen-bond donors (Lipinski definition) is 0. The van der Waals surface area contributed by atoms with Crippen molar-refractivity contribution in [1.29, 1.82) is 0 Å². The minimum absolute atomic E-state index is 0.308. The minimum Gasteiger partial charge on any atom is -0.444 e. The fraction of sp³-hybridized carbons (Fsp3) is 0.500. The molecule has 0 saturated carbocycles. The normalized spacial score (nSPS) is 15.1. The molecule has 2 aromatic rings. The van der Waals surface area contributed by atoms with Gasteiger partial charge in [0, 0.05) is 51.8 Å². The molecule has 31 heavy (non-hydrogen) atoms. The van der Waals surface area contributed by atoms with Crippen molar-refractivity contribution in [3.8, 4) is 0 Å². The van der Waals surface area contributed by atoms with E-state index in [9.17, 15) is 18.0 Å². The van der Waals surface area contributed by atoms with Gasteiger partial charge in [0.05, 0.1) is 5.56 Å². The van der Waals surface area contributed by atoms with Crippen LogP contribution in [0.25, 0.3) is 0 Å². The quantitative estimate of drug-likeness (QED) is 0.723. The van der Waals surface area contributed by atoms with Gasteiger partial charge < -0.3 is 19.4 Å². The van der Waals surface area contributed by atoms with Crippen molar-refractivity contribution >= 4 is 23.5 Å². The van der Waals surface area contributed by atoms with Crippen molar-refractivity contribution in [3.63, 3.8) is 0 Å². The van der Waals surface area contributed by atoms with Crippen molar-refractivity contribution in [1.82, 2.24) is 19.9 Å². The van der Waals surface area contributed by atoms with E-state index in [1.807, 2.05) is 25.7 Å². The molecule has 0 bridgehead atoms. The van der Waals surface area contributed by atoms with Gasteiger partial charge >= 0.3 is 12.3 Å². The Morgan fingerprint density at radius 3 is 2.23 bits per heavy atom. The van der Waals surface area contributed by atoms with E-state index in [2.05, 4.69) is 15.0 Å². The van der Waals surface area contributed by atoms with Gasteiger partial charge in [-0.1, -0.05) is 0 Å². The second kappa shape index (κ2) is 8.56. The van der Waals surface area contributed by atoms with E-state index in [0.717, 1.165) is 12.3 Å². The highest BCUT2D eigenvalue weighted by Gasteiger charge is 2.31. The van der Waals surface area contributed by atoms with E-state index in [1.165, 1.54) is 12.3 Å². The zero-order valence-corrected chi connectivity index (χ0v) is 17.8. The standard InChI is InChI=1S/C20H25F3N6O2/c1-19(2,3)31-18(30)29-11-9-28(10-12-29)17-16(24-7-8-25-17)27(4)15-6-5-14(13-26-15)20(21,22)23/h5-8,13H,9-12H2,1-4H3. The highest BCUT2D eigenvalue weighted by Crippen LogP contribution is 2.32. The molecule has 0 N–H and O–H groups in total. The van der Waals surface area contributed by atoms with Crippen LogP contribution in [-0.4, -0.2) is 64.8 Å². The van der Waals surface area contributed by atoms with Gasteiger partial charge in [0.2, 0.25) is 0 Å². The first kappa shape index (κ1) is 22.6. The zero-order chi connectivity index (χ0) is 22.8. The smallest absolute Gasteiger partial charge is 0.417 e. The molecule has 0 spiro atoms. The summed E-state index contributed by atoms with van der Waals surface area (Å²) in [4.78, 5) is 30.2. The van der Waals surface area contributed by atoms with Gasteiger partial charge in [-0.3, -0.25) is 0 Å². The number of nitrogens with zero attached hydrogens (tertiary/aromatic N) is 6. The fourth-order valence-electron chi connectivity index (χ4n) is 3.07. The summed E-state index contributed by atoms with van der Waals surface area (Å²) in [5.74, 6) is 1.33. The number of ether oxygens (including phenoxy) is 1. The first-order chi connectivity index (χ1) is 14.5. The molecule has 168 valence electrons. The summed E-state index contributed by atoms with van der Waals surface area (Å²) in [5.41, 5.74) is -1.38. The third-order valence-corrected chi connectivity index (χ3v) is 4.63. The van der Waals surface area contributed by atoms with Gasteiger partial charge in [-0.25, -0.2) is 19.7 Å². The molecule has 1 saturated heterocycles. The Balaban J connectivity index is 1.73. The Morgan fingerprint density at radius 2 is 1.68 bits per heavy atom. The van der Waals surface area contributed by atoms with Crippen LogP contribution in [0.5, 0.6) is 0 Å². The second-order valence-electron chi connectivity index (χ2n) is 8.12. The average Bonchev–Trinajstić information content (AvgIpc) is 2.71. The summed E-state index contributed by atoms with van der Waals surface area (Å²) in [5, 5.41) is 0. The maximum absolute atomic E-state index is 12.8. The van der Waals surface area contributed by atoms with Crippen LogP contribution in [0.2, 0.25) is 0 Å². The lowest BCUT2D eigenvalue weighted by Gasteiger charge is -2.37. The Hall–Kier alpha value is -3.11. The summed E-state index contributed by atoms with van der Waals surface area (Å²) < 4.78 is 43.8. The number of anilines is 3. The van der Waals surface area contributed by atoms with E-state index >= 15 is 0 Å². The van der Waals surface area contributed by atoms with Gasteiger partial charge in [0.15, 0.2) is 11.6 Å². The highest BCUT2D eigenvalue weighted by molar-refractivity contribution is 5.71. The zero-order valence-electron chi connectivity index (χ0n) is 17.8. The van der Waals surface area contributed by atoms with Gasteiger partial charge in [0.1, 0.15) is 11.4 Å². The van der Waals surface area contributed by atoms with E-state index in [0.29, 0.717) is 43.6 Å². The summed E-state index contributed by atoms with van der Waals surface area (Å²) in [6.07, 6.45) is -0.960. The minimum atomic E-state index is -4.45. The Labute approximate surface area is 178 Å². The maximum Gasteiger partial charge on any atom is 0.417 e. The number of alkyl halides is 3. The summed E-state index contributed by atoms with van der Waals surface area (Å²) in [6.45, 7) is 7.38. The molecule has 0 aliphatic carbocycles. The Bertz CT molecular complexity index is 906. The molecule has 1 amide bonds. The van der Waals surface area contributed by atoms with Crippen molar-refractivity contribution in [2.24, 2.45) is 0 Å². The van der Waals surface area contributed by atoms with E-state index in [-0.39, 0.29) is 6.09 Å². The SMILES string of the molecule is CN(c1ccc(C(F)(F)F)cn1)c1nccnc1N1CCN(C(=O)OC(C)(C)C)CC1. The van der Waals surface area contributed by atoms with Gasteiger partial charge in [-0.15, -0.1) is 0 Å². The number of aromatic nitrogens is 3. The number of pyridine rings is 1. The summed E-state index contributed by atoms with van der Waals surface area (Å²) >= 11 is 0. The molecular weight excluding hydrogens is 413 g/mol. The van der Waals surface area contributed by atoms with E-state index in [4.69, 9.17) is 4.74 Å². The first-order valence-corrected chi connectivity index (χ1v) is 9.76. The third-order valence-electron chi connectivity index (χ3n) is 4.63. The molecule has 2 aromatic heterocycles. The van der Waals surface area contributed by atoms with Crippen LogP contribution in [0.15, 0.2) is 30.7 Å². The highest BCUT2D eigenvalue weighted by atomic mass is 19.4. The van der Waals surface area contributed by atoms with Crippen LogP contribution in [0.1, 0.15) is 26.3 Å². The average molecular weight is 438 g/mol. The van der Waals surface area contributed by atoms with Crippen molar-refractivity contribution in [3.05, 3.63) is 36.3 Å². The van der Waals surface area contributed by atoms with Crippen molar-refractivity contribution in [2.45, 2.75) is 32.5 Å². The van der Waals surface area contributed by atoms with E-state index in [1.54, 1.807) is 23.0 Å². The fourth-order valence-corrected chi connectivity index (χ4v) is 3.07. The molecule has 1 aliphatic heterocycles. The number of amides is 1. The van der Waals surface area contributed by atoms with Crippen LogP contribution >= 0.6 is 0 Å². The molecule has 1 fully saturated rings. The molecule has 0 atom stereocenters. The lowest BCUT2D eigenvalue weighted by Crippen LogP contribution is -2.50. The van der Waals surface area contributed by atoms with Gasteiger partial charge in [-0.2, -0.15) is 13.2 Å². The number of hydrogen-bond acceptors (Lipinski definition) is 7. The first-order valence-electron chi connectivity index (χ1n) is 9.76. The monoisotopic (exact) mass is 438 g/mol. The summed E-state index contributed by atoms with van der Waals surface area (Å²) in [7, 11) is 1.67.